The lowest BCUT2D eigenvalue weighted by molar-refractivity contribution is 0.112. The first kappa shape index (κ1) is 16.3. The fourth-order valence-corrected chi connectivity index (χ4v) is 2.44. The Kier molecular flexibility index (Phi) is 5.37. The molecule has 2 aromatic rings. The third kappa shape index (κ3) is 4.45. The maximum absolute atomic E-state index is 11.0. The maximum atomic E-state index is 11.0. The standard InChI is InChI=1S/C20H24O2/c1-20(2,3)18-14-17(15-21)11-12-19(18)22-13-7-10-16-8-5-4-6-9-16/h4-6,8-9,11-12,14-15H,7,10,13H2,1-3H3. The van der Waals surface area contributed by atoms with Gasteiger partial charge in [0.15, 0.2) is 0 Å². The average molecular weight is 296 g/mol. The number of hydrogen-bond acceptors (Lipinski definition) is 2. The van der Waals surface area contributed by atoms with Crippen LogP contribution in [0.1, 0.15) is 48.7 Å². The van der Waals surface area contributed by atoms with Crippen LogP contribution in [0.4, 0.5) is 0 Å². The van der Waals surface area contributed by atoms with Gasteiger partial charge in [-0.15, -0.1) is 0 Å². The van der Waals surface area contributed by atoms with Gasteiger partial charge in [0.25, 0.3) is 0 Å². The quantitative estimate of drug-likeness (QED) is 0.565. The zero-order chi connectivity index (χ0) is 16.0. The molecule has 116 valence electrons. The number of aldehydes is 1. The second-order valence-electron chi connectivity index (χ2n) is 6.56. The van der Waals surface area contributed by atoms with Crippen LogP contribution < -0.4 is 4.74 Å². The van der Waals surface area contributed by atoms with E-state index in [1.165, 1.54) is 5.56 Å². The summed E-state index contributed by atoms with van der Waals surface area (Å²) in [6, 6.07) is 16.1. The highest BCUT2D eigenvalue weighted by Crippen LogP contribution is 2.32. The second kappa shape index (κ2) is 7.26. The minimum atomic E-state index is -0.0478. The van der Waals surface area contributed by atoms with Crippen molar-refractivity contribution in [3.05, 3.63) is 65.2 Å². The lowest BCUT2D eigenvalue weighted by atomic mass is 9.85. The molecule has 2 nitrogen and oxygen atoms in total. The van der Waals surface area contributed by atoms with Crippen molar-refractivity contribution in [3.63, 3.8) is 0 Å². The van der Waals surface area contributed by atoms with E-state index in [1.807, 2.05) is 24.3 Å². The first-order chi connectivity index (χ1) is 10.5. The van der Waals surface area contributed by atoms with Crippen molar-refractivity contribution in [1.82, 2.24) is 0 Å². The van der Waals surface area contributed by atoms with Crippen LogP contribution in [0.25, 0.3) is 0 Å². The Morgan fingerprint density at radius 1 is 1.05 bits per heavy atom. The van der Waals surface area contributed by atoms with E-state index in [4.69, 9.17) is 4.74 Å². The van der Waals surface area contributed by atoms with E-state index in [0.29, 0.717) is 12.2 Å². The van der Waals surface area contributed by atoms with Gasteiger partial charge in [-0.25, -0.2) is 0 Å². The largest absolute Gasteiger partial charge is 0.493 e. The third-order valence-electron chi connectivity index (χ3n) is 3.66. The molecule has 0 atom stereocenters. The molecule has 0 amide bonds. The van der Waals surface area contributed by atoms with E-state index in [2.05, 4.69) is 45.0 Å². The highest BCUT2D eigenvalue weighted by atomic mass is 16.5. The van der Waals surface area contributed by atoms with Crippen LogP contribution in [0.15, 0.2) is 48.5 Å². The van der Waals surface area contributed by atoms with Crippen molar-refractivity contribution in [2.45, 2.75) is 39.0 Å². The monoisotopic (exact) mass is 296 g/mol. The molecule has 0 aliphatic carbocycles. The molecule has 0 aromatic heterocycles. The predicted octanol–water partition coefficient (Wildman–Crippen LogP) is 4.81. The van der Waals surface area contributed by atoms with Gasteiger partial charge in [-0.2, -0.15) is 0 Å². The Bertz CT molecular complexity index is 609. The molecule has 0 aliphatic heterocycles. The molecule has 0 heterocycles. The van der Waals surface area contributed by atoms with Crippen LogP contribution in [0.3, 0.4) is 0 Å². The molecule has 0 aliphatic rings. The van der Waals surface area contributed by atoms with Crippen LogP contribution in [0.5, 0.6) is 5.75 Å². The third-order valence-corrected chi connectivity index (χ3v) is 3.66. The zero-order valence-electron chi connectivity index (χ0n) is 13.6. The van der Waals surface area contributed by atoms with E-state index in [0.717, 1.165) is 30.4 Å². The Labute approximate surface area is 133 Å². The van der Waals surface area contributed by atoms with Crippen molar-refractivity contribution in [3.8, 4) is 5.75 Å². The lowest BCUT2D eigenvalue weighted by Gasteiger charge is -2.23. The van der Waals surface area contributed by atoms with Crippen LogP contribution in [-0.4, -0.2) is 12.9 Å². The summed E-state index contributed by atoms with van der Waals surface area (Å²) in [5.41, 5.74) is 3.06. The van der Waals surface area contributed by atoms with E-state index in [1.54, 1.807) is 0 Å². The molecule has 0 N–H and O–H groups in total. The van der Waals surface area contributed by atoms with E-state index in [9.17, 15) is 4.79 Å². The summed E-state index contributed by atoms with van der Waals surface area (Å²) in [6.45, 7) is 7.08. The van der Waals surface area contributed by atoms with Crippen molar-refractivity contribution in [2.75, 3.05) is 6.61 Å². The average Bonchev–Trinajstić information content (AvgIpc) is 2.51. The molecule has 0 spiro atoms. The van der Waals surface area contributed by atoms with Gasteiger partial charge >= 0.3 is 0 Å². The number of ether oxygens (including phenoxy) is 1. The predicted molar refractivity (Wildman–Crippen MR) is 90.8 cm³/mol. The summed E-state index contributed by atoms with van der Waals surface area (Å²) < 4.78 is 5.97. The molecular formula is C20H24O2. The van der Waals surface area contributed by atoms with Crippen LogP contribution in [0.2, 0.25) is 0 Å². The van der Waals surface area contributed by atoms with E-state index in [-0.39, 0.29) is 5.41 Å². The van der Waals surface area contributed by atoms with Gasteiger partial charge in [-0.3, -0.25) is 4.79 Å². The van der Waals surface area contributed by atoms with Crippen LogP contribution in [-0.2, 0) is 11.8 Å². The highest BCUT2D eigenvalue weighted by molar-refractivity contribution is 5.76. The normalized spacial score (nSPS) is 11.2. The fraction of sp³-hybridized carbons (Fsp3) is 0.350. The SMILES string of the molecule is CC(C)(C)c1cc(C=O)ccc1OCCCc1ccccc1. The van der Waals surface area contributed by atoms with Crippen molar-refractivity contribution < 1.29 is 9.53 Å². The van der Waals surface area contributed by atoms with Crippen molar-refractivity contribution >= 4 is 6.29 Å². The summed E-state index contributed by atoms with van der Waals surface area (Å²) in [4.78, 5) is 11.0. The van der Waals surface area contributed by atoms with Crippen molar-refractivity contribution in [1.29, 1.82) is 0 Å². The molecule has 0 bridgehead atoms. The Morgan fingerprint density at radius 3 is 2.41 bits per heavy atom. The minimum Gasteiger partial charge on any atom is -0.493 e. The number of aryl methyl sites for hydroxylation is 1. The molecule has 2 rings (SSSR count). The molecule has 22 heavy (non-hydrogen) atoms. The summed E-state index contributed by atoms with van der Waals surface area (Å²) in [7, 11) is 0. The number of carbonyl (C=O) groups is 1. The lowest BCUT2D eigenvalue weighted by Crippen LogP contribution is -2.14. The van der Waals surface area contributed by atoms with Gasteiger partial charge in [0, 0.05) is 11.1 Å². The molecule has 0 fully saturated rings. The van der Waals surface area contributed by atoms with Gasteiger partial charge < -0.3 is 4.74 Å². The molecule has 0 unspecified atom stereocenters. The number of carbonyl (C=O) groups excluding carboxylic acids is 1. The second-order valence-corrected chi connectivity index (χ2v) is 6.56. The molecular weight excluding hydrogens is 272 g/mol. The van der Waals surface area contributed by atoms with Gasteiger partial charge in [0.2, 0.25) is 0 Å². The number of hydrogen-bond donors (Lipinski definition) is 0. The van der Waals surface area contributed by atoms with Crippen LogP contribution in [0, 0.1) is 0 Å². The molecule has 2 heteroatoms. The van der Waals surface area contributed by atoms with Gasteiger partial charge in [-0.1, -0.05) is 51.1 Å². The Morgan fingerprint density at radius 2 is 1.77 bits per heavy atom. The maximum Gasteiger partial charge on any atom is 0.150 e. The summed E-state index contributed by atoms with van der Waals surface area (Å²) in [6.07, 6.45) is 2.87. The topological polar surface area (TPSA) is 26.3 Å². The Balaban J connectivity index is 1.99. The van der Waals surface area contributed by atoms with Gasteiger partial charge in [0.05, 0.1) is 6.61 Å². The number of benzene rings is 2. The highest BCUT2D eigenvalue weighted by Gasteiger charge is 2.19. The van der Waals surface area contributed by atoms with E-state index < -0.39 is 0 Å². The molecule has 0 radical (unpaired) electrons. The first-order valence-corrected chi connectivity index (χ1v) is 7.77. The smallest absolute Gasteiger partial charge is 0.150 e. The van der Waals surface area contributed by atoms with Crippen LogP contribution >= 0.6 is 0 Å². The van der Waals surface area contributed by atoms with E-state index >= 15 is 0 Å². The summed E-state index contributed by atoms with van der Waals surface area (Å²) in [5, 5.41) is 0. The zero-order valence-corrected chi connectivity index (χ0v) is 13.6. The summed E-state index contributed by atoms with van der Waals surface area (Å²) in [5.74, 6) is 0.881. The molecule has 0 saturated heterocycles. The minimum absolute atomic E-state index is 0.0478. The first-order valence-electron chi connectivity index (χ1n) is 7.77. The fourth-order valence-electron chi connectivity index (χ4n) is 2.44. The van der Waals surface area contributed by atoms with Crippen molar-refractivity contribution in [2.24, 2.45) is 0 Å². The molecule has 2 aromatic carbocycles. The van der Waals surface area contributed by atoms with Gasteiger partial charge in [-0.05, 0) is 42.0 Å². The summed E-state index contributed by atoms with van der Waals surface area (Å²) >= 11 is 0. The number of rotatable bonds is 6. The van der Waals surface area contributed by atoms with Gasteiger partial charge in [0.1, 0.15) is 12.0 Å². The Hall–Kier alpha value is -2.09. The molecule has 0 saturated carbocycles.